The largest absolute Gasteiger partial charge is 0.256 e. The summed E-state index contributed by atoms with van der Waals surface area (Å²) in [5.74, 6) is 0. The molecule has 0 saturated carbocycles. The Hall–Kier alpha value is -2.38. The molecule has 1 aliphatic carbocycles. The molecule has 1 heterocycles. The topological polar surface area (TPSA) is 12.9 Å². The number of aromatic nitrogens is 1. The first-order chi connectivity index (χ1) is 11.3. The van der Waals surface area contributed by atoms with E-state index in [1.165, 1.54) is 27.7 Å². The molecule has 0 amide bonds. The molecule has 4 rings (SSSR count). The lowest BCUT2D eigenvalue weighted by Crippen LogP contribution is -1.88. The van der Waals surface area contributed by atoms with Crippen molar-refractivity contribution >= 4 is 28.1 Å². The van der Waals surface area contributed by atoms with Gasteiger partial charge < -0.3 is 0 Å². The quantitative estimate of drug-likeness (QED) is 0.591. The van der Waals surface area contributed by atoms with Crippen LogP contribution in [0.1, 0.15) is 17.5 Å². The lowest BCUT2D eigenvalue weighted by atomic mass is 10.0. The molecule has 0 radical (unpaired) electrons. The van der Waals surface area contributed by atoms with Crippen LogP contribution in [0.2, 0.25) is 5.02 Å². The van der Waals surface area contributed by atoms with E-state index in [2.05, 4.69) is 53.5 Å². The van der Waals surface area contributed by atoms with Crippen LogP contribution in [-0.4, -0.2) is 4.98 Å². The number of hydrogen-bond donors (Lipinski definition) is 0. The van der Waals surface area contributed by atoms with E-state index in [4.69, 9.17) is 11.6 Å². The van der Waals surface area contributed by atoms with E-state index in [1.54, 1.807) is 0 Å². The Balaban J connectivity index is 1.63. The molecule has 2 heteroatoms. The minimum atomic E-state index is 0.784. The fourth-order valence-electron chi connectivity index (χ4n) is 3.09. The van der Waals surface area contributed by atoms with Crippen LogP contribution in [0.4, 0.5) is 0 Å². The minimum absolute atomic E-state index is 0.784. The molecular weight excluding hydrogens is 302 g/mol. The van der Waals surface area contributed by atoms with Gasteiger partial charge in [0.15, 0.2) is 0 Å². The summed E-state index contributed by atoms with van der Waals surface area (Å²) < 4.78 is 0. The second-order valence-corrected chi connectivity index (χ2v) is 6.27. The van der Waals surface area contributed by atoms with Crippen LogP contribution < -0.4 is 0 Å². The maximum absolute atomic E-state index is 5.95. The van der Waals surface area contributed by atoms with Crippen molar-refractivity contribution in [1.82, 2.24) is 4.98 Å². The Bertz CT molecular complexity index is 915. The molecule has 1 aliphatic rings. The molecule has 0 unspecified atom stereocenters. The van der Waals surface area contributed by atoms with Crippen molar-refractivity contribution < 1.29 is 0 Å². The number of hydrogen-bond acceptors (Lipinski definition) is 1. The summed E-state index contributed by atoms with van der Waals surface area (Å²) in [6.07, 6.45) is 8.39. The molecule has 1 nitrogen and oxygen atoms in total. The van der Waals surface area contributed by atoms with Gasteiger partial charge in [-0.2, -0.15) is 0 Å². The average Bonchev–Trinajstić information content (AvgIpc) is 3.05. The predicted molar refractivity (Wildman–Crippen MR) is 97.6 cm³/mol. The van der Waals surface area contributed by atoms with Crippen LogP contribution in [0.3, 0.4) is 0 Å². The van der Waals surface area contributed by atoms with E-state index >= 15 is 0 Å². The molecule has 2 aromatic carbocycles. The van der Waals surface area contributed by atoms with Crippen molar-refractivity contribution in [2.24, 2.45) is 0 Å². The van der Waals surface area contributed by atoms with Crippen molar-refractivity contribution in [3.8, 4) is 0 Å². The number of allylic oxidation sites excluding steroid dienone is 4. The van der Waals surface area contributed by atoms with Gasteiger partial charge in [0.05, 0.1) is 5.52 Å². The minimum Gasteiger partial charge on any atom is -0.256 e. The molecule has 0 aliphatic heterocycles. The third kappa shape index (κ3) is 2.93. The van der Waals surface area contributed by atoms with E-state index in [9.17, 15) is 0 Å². The van der Waals surface area contributed by atoms with E-state index < -0.39 is 0 Å². The summed E-state index contributed by atoms with van der Waals surface area (Å²) in [6, 6.07) is 18.6. The highest BCUT2D eigenvalue weighted by Crippen LogP contribution is 2.32. The number of halogens is 1. The Kier molecular flexibility index (Phi) is 3.72. The number of pyridine rings is 1. The normalized spacial score (nSPS) is 14.0. The van der Waals surface area contributed by atoms with Gasteiger partial charge in [0.1, 0.15) is 0 Å². The van der Waals surface area contributed by atoms with Crippen molar-refractivity contribution in [3.63, 3.8) is 0 Å². The zero-order valence-electron chi connectivity index (χ0n) is 12.7. The van der Waals surface area contributed by atoms with Gasteiger partial charge in [-0.1, -0.05) is 60.2 Å². The molecule has 3 aromatic rings. The highest BCUT2D eigenvalue weighted by Gasteiger charge is 2.12. The van der Waals surface area contributed by atoms with Crippen LogP contribution in [0.5, 0.6) is 0 Å². The van der Waals surface area contributed by atoms with Crippen LogP contribution in [0, 0.1) is 0 Å². The molecular formula is C21H16ClN. The molecule has 0 saturated heterocycles. The summed E-state index contributed by atoms with van der Waals surface area (Å²) >= 11 is 5.95. The Labute approximate surface area is 140 Å². The van der Waals surface area contributed by atoms with Crippen molar-refractivity contribution in [2.75, 3.05) is 0 Å². The van der Waals surface area contributed by atoms with Gasteiger partial charge in [-0.25, -0.2) is 0 Å². The summed E-state index contributed by atoms with van der Waals surface area (Å²) in [5.41, 5.74) is 6.32. The van der Waals surface area contributed by atoms with E-state index in [0.717, 1.165) is 23.4 Å². The number of para-hydroxylation sites is 1. The first-order valence-corrected chi connectivity index (χ1v) is 8.15. The van der Waals surface area contributed by atoms with E-state index in [1.807, 2.05) is 24.4 Å². The van der Waals surface area contributed by atoms with Gasteiger partial charge in [-0.15, -0.1) is 0 Å². The van der Waals surface area contributed by atoms with Gasteiger partial charge in [-0.3, -0.25) is 4.98 Å². The zero-order chi connectivity index (χ0) is 15.6. The lowest BCUT2D eigenvalue weighted by molar-refractivity contribution is 1.20. The maximum atomic E-state index is 5.95. The van der Waals surface area contributed by atoms with Crippen molar-refractivity contribution in [2.45, 2.75) is 12.8 Å². The fraction of sp³-hybridized carbons (Fsp3) is 0.0952. The predicted octanol–water partition coefficient (Wildman–Crippen LogP) is 5.84. The molecule has 23 heavy (non-hydrogen) atoms. The van der Waals surface area contributed by atoms with Crippen molar-refractivity contribution in [3.05, 3.63) is 94.7 Å². The number of benzene rings is 2. The number of rotatable bonds is 3. The second kappa shape index (κ2) is 6.02. The summed E-state index contributed by atoms with van der Waals surface area (Å²) in [4.78, 5) is 4.57. The number of fused-ring (bicyclic) bond motifs is 1. The van der Waals surface area contributed by atoms with Crippen LogP contribution in [0.15, 0.2) is 78.5 Å². The highest BCUT2D eigenvalue weighted by atomic mass is 35.5. The maximum Gasteiger partial charge on any atom is 0.0777 e. The first kappa shape index (κ1) is 14.2. The SMILES string of the molecule is Clc1ccc(CC2=CCC(c3cccc4cccnc34)=C2)cc1. The van der Waals surface area contributed by atoms with E-state index in [0.29, 0.717) is 0 Å². The summed E-state index contributed by atoms with van der Waals surface area (Å²) in [5, 5.41) is 1.98. The third-order valence-corrected chi connectivity index (χ3v) is 4.50. The van der Waals surface area contributed by atoms with Crippen LogP contribution >= 0.6 is 11.6 Å². The van der Waals surface area contributed by atoms with Crippen LogP contribution in [-0.2, 0) is 6.42 Å². The molecule has 1 aromatic heterocycles. The standard InChI is InChI=1S/C21H16ClN/c22-19-10-7-15(8-11-19)13-16-6-9-18(14-16)20-5-1-3-17-4-2-12-23-21(17)20/h1-8,10-12,14H,9,13H2. The molecule has 0 bridgehead atoms. The monoisotopic (exact) mass is 317 g/mol. The fourth-order valence-corrected chi connectivity index (χ4v) is 3.22. The number of nitrogens with zero attached hydrogens (tertiary/aromatic N) is 1. The third-order valence-electron chi connectivity index (χ3n) is 4.24. The van der Waals surface area contributed by atoms with Gasteiger partial charge in [0.25, 0.3) is 0 Å². The molecule has 0 N–H and O–H groups in total. The average molecular weight is 318 g/mol. The Morgan fingerprint density at radius 3 is 2.65 bits per heavy atom. The molecule has 0 atom stereocenters. The Morgan fingerprint density at radius 1 is 0.957 bits per heavy atom. The summed E-state index contributed by atoms with van der Waals surface area (Å²) in [7, 11) is 0. The Morgan fingerprint density at radius 2 is 1.78 bits per heavy atom. The summed E-state index contributed by atoms with van der Waals surface area (Å²) in [6.45, 7) is 0. The zero-order valence-corrected chi connectivity index (χ0v) is 13.4. The molecule has 0 fully saturated rings. The lowest BCUT2D eigenvalue weighted by Gasteiger charge is -2.06. The smallest absolute Gasteiger partial charge is 0.0777 e. The van der Waals surface area contributed by atoms with E-state index in [-0.39, 0.29) is 0 Å². The van der Waals surface area contributed by atoms with Gasteiger partial charge in [0.2, 0.25) is 0 Å². The molecule has 112 valence electrons. The van der Waals surface area contributed by atoms with Gasteiger partial charge in [-0.05, 0) is 47.8 Å². The van der Waals surface area contributed by atoms with Gasteiger partial charge >= 0.3 is 0 Å². The molecule has 0 spiro atoms. The van der Waals surface area contributed by atoms with Crippen molar-refractivity contribution in [1.29, 1.82) is 0 Å². The van der Waals surface area contributed by atoms with Crippen LogP contribution in [0.25, 0.3) is 16.5 Å². The second-order valence-electron chi connectivity index (χ2n) is 5.84. The van der Waals surface area contributed by atoms with Gasteiger partial charge in [0, 0.05) is 22.2 Å². The first-order valence-electron chi connectivity index (χ1n) is 7.78. The highest BCUT2D eigenvalue weighted by molar-refractivity contribution is 6.30.